The Balaban J connectivity index is 1.16. The molecule has 1 aliphatic rings. The quantitative estimate of drug-likeness (QED) is 0.186. The number of aromatic nitrogens is 4. The maximum Gasteiger partial charge on any atom is 0.160 e. The summed E-state index contributed by atoms with van der Waals surface area (Å²) in [5, 5.41) is 4.91. The zero-order valence-corrected chi connectivity index (χ0v) is 29.5. The summed E-state index contributed by atoms with van der Waals surface area (Å²) in [4.78, 5) is 10.8. The lowest BCUT2D eigenvalue weighted by Crippen LogP contribution is -2.17. The average Bonchev–Trinajstić information content (AvgIpc) is 3.80. The molecule has 0 atom stereocenters. The number of rotatable bonds is 4. The van der Waals surface area contributed by atoms with E-state index in [0.29, 0.717) is 0 Å². The van der Waals surface area contributed by atoms with Crippen molar-refractivity contribution in [2.75, 3.05) is 0 Å². The highest BCUT2D eigenvalue weighted by Crippen LogP contribution is 2.51. The Morgan fingerprint density at radius 3 is 1.68 bits per heavy atom. The Kier molecular flexibility index (Phi) is 6.27. The first-order chi connectivity index (χ1) is 26.1. The van der Waals surface area contributed by atoms with E-state index in [2.05, 4.69) is 193 Å². The fourth-order valence-corrected chi connectivity index (χ4v) is 8.82. The van der Waals surface area contributed by atoms with Crippen LogP contribution in [0.25, 0.3) is 88.8 Å². The molecular formula is C49H34N4. The molecule has 0 bridgehead atoms. The zero-order valence-electron chi connectivity index (χ0n) is 29.5. The van der Waals surface area contributed by atoms with Crippen LogP contribution in [0.1, 0.15) is 25.1 Å². The second-order valence-corrected chi connectivity index (χ2v) is 14.6. The van der Waals surface area contributed by atoms with E-state index in [0.717, 1.165) is 45.3 Å². The van der Waals surface area contributed by atoms with Crippen molar-refractivity contribution in [1.29, 1.82) is 0 Å². The fourth-order valence-electron chi connectivity index (χ4n) is 8.82. The minimum atomic E-state index is -0.262. The van der Waals surface area contributed by atoms with Gasteiger partial charge >= 0.3 is 0 Å². The standard InChI is InChI=1S/C49H34N4/c1-49(2)40-25-12-9-24-37(40)45-46(31-16-5-3-6-17-31)50-48(51-47(45)49)32-18-15-21-34(28-32)53-42-27-14-11-23-36(42)39-29-43-38(30-44(39)53)35-22-10-13-26-41(35)52(43)33-19-7-4-8-20-33/h3-30H,1-2H3. The average molecular weight is 679 g/mol. The second-order valence-electron chi connectivity index (χ2n) is 14.6. The molecule has 10 aromatic rings. The summed E-state index contributed by atoms with van der Waals surface area (Å²) in [7, 11) is 0. The normalized spacial score (nSPS) is 13.2. The molecule has 0 saturated carbocycles. The van der Waals surface area contributed by atoms with E-state index >= 15 is 0 Å². The summed E-state index contributed by atoms with van der Waals surface area (Å²) in [6.07, 6.45) is 0. The molecule has 250 valence electrons. The first-order valence-corrected chi connectivity index (χ1v) is 18.3. The van der Waals surface area contributed by atoms with Gasteiger partial charge in [0.05, 0.1) is 33.5 Å². The number of hydrogen-bond acceptors (Lipinski definition) is 2. The zero-order chi connectivity index (χ0) is 35.3. The van der Waals surface area contributed by atoms with Crippen LogP contribution in [0.5, 0.6) is 0 Å². The van der Waals surface area contributed by atoms with E-state index in [1.807, 2.05) is 0 Å². The molecular weight excluding hydrogens is 645 g/mol. The van der Waals surface area contributed by atoms with Gasteiger partial charge < -0.3 is 9.13 Å². The molecule has 0 fully saturated rings. The summed E-state index contributed by atoms with van der Waals surface area (Å²) < 4.78 is 4.81. The van der Waals surface area contributed by atoms with Crippen molar-refractivity contribution in [3.8, 4) is 45.1 Å². The highest BCUT2D eigenvalue weighted by molar-refractivity contribution is 6.19. The van der Waals surface area contributed by atoms with E-state index in [1.165, 1.54) is 54.7 Å². The highest BCUT2D eigenvalue weighted by atomic mass is 15.0. The van der Waals surface area contributed by atoms with Crippen LogP contribution in [0.2, 0.25) is 0 Å². The van der Waals surface area contributed by atoms with Crippen LogP contribution in [0.15, 0.2) is 170 Å². The lowest BCUT2D eigenvalue weighted by molar-refractivity contribution is 0.636. The SMILES string of the molecule is CC1(C)c2ccccc2-c2c(-c3ccccc3)nc(-c3cccc(-n4c5ccccc5c5cc6c(cc54)c4ccccc4n6-c4ccccc4)c3)nc21. The molecule has 7 aromatic carbocycles. The molecule has 1 aliphatic carbocycles. The van der Waals surface area contributed by atoms with Crippen molar-refractivity contribution >= 4 is 43.6 Å². The maximum atomic E-state index is 5.41. The Morgan fingerprint density at radius 1 is 0.434 bits per heavy atom. The van der Waals surface area contributed by atoms with Gasteiger partial charge in [0.15, 0.2) is 5.82 Å². The van der Waals surface area contributed by atoms with Crippen LogP contribution >= 0.6 is 0 Å². The van der Waals surface area contributed by atoms with Gasteiger partial charge in [-0.3, -0.25) is 0 Å². The number of benzene rings is 7. The van der Waals surface area contributed by atoms with Gasteiger partial charge in [0.2, 0.25) is 0 Å². The summed E-state index contributed by atoms with van der Waals surface area (Å²) in [6.45, 7) is 4.57. The first-order valence-electron chi connectivity index (χ1n) is 18.3. The van der Waals surface area contributed by atoms with Gasteiger partial charge in [-0.1, -0.05) is 135 Å². The van der Waals surface area contributed by atoms with E-state index in [-0.39, 0.29) is 5.41 Å². The van der Waals surface area contributed by atoms with Crippen molar-refractivity contribution in [2.45, 2.75) is 19.3 Å². The van der Waals surface area contributed by atoms with Gasteiger partial charge in [-0.2, -0.15) is 0 Å². The smallest absolute Gasteiger partial charge is 0.160 e. The van der Waals surface area contributed by atoms with E-state index < -0.39 is 0 Å². The van der Waals surface area contributed by atoms with Crippen LogP contribution < -0.4 is 0 Å². The topological polar surface area (TPSA) is 35.6 Å². The molecule has 0 aliphatic heterocycles. The fraction of sp³-hybridized carbons (Fsp3) is 0.0612. The van der Waals surface area contributed by atoms with Gasteiger partial charge in [0.1, 0.15) is 0 Å². The summed E-state index contributed by atoms with van der Waals surface area (Å²) in [6, 6.07) is 61.0. The number of hydrogen-bond donors (Lipinski definition) is 0. The van der Waals surface area contributed by atoms with Gasteiger partial charge in [-0.15, -0.1) is 0 Å². The van der Waals surface area contributed by atoms with Crippen LogP contribution in [0, 0.1) is 0 Å². The molecule has 0 amide bonds. The molecule has 0 saturated heterocycles. The van der Waals surface area contributed by atoms with Crippen molar-refractivity contribution in [2.24, 2.45) is 0 Å². The van der Waals surface area contributed by atoms with Crippen molar-refractivity contribution in [3.63, 3.8) is 0 Å². The van der Waals surface area contributed by atoms with Crippen molar-refractivity contribution in [1.82, 2.24) is 19.1 Å². The monoisotopic (exact) mass is 678 g/mol. The lowest BCUT2D eigenvalue weighted by atomic mass is 9.85. The number of para-hydroxylation sites is 3. The molecule has 3 heterocycles. The van der Waals surface area contributed by atoms with E-state index in [9.17, 15) is 0 Å². The highest BCUT2D eigenvalue weighted by Gasteiger charge is 2.39. The van der Waals surface area contributed by atoms with Crippen LogP contribution in [0.3, 0.4) is 0 Å². The molecule has 4 nitrogen and oxygen atoms in total. The molecule has 0 unspecified atom stereocenters. The first kappa shape index (κ1) is 29.9. The minimum absolute atomic E-state index is 0.262. The van der Waals surface area contributed by atoms with Crippen LogP contribution in [-0.2, 0) is 5.41 Å². The Morgan fingerprint density at radius 2 is 0.981 bits per heavy atom. The summed E-state index contributed by atoms with van der Waals surface area (Å²) >= 11 is 0. The lowest BCUT2D eigenvalue weighted by Gasteiger charge is -2.21. The van der Waals surface area contributed by atoms with Gasteiger partial charge in [0.25, 0.3) is 0 Å². The third-order valence-corrected chi connectivity index (χ3v) is 11.3. The minimum Gasteiger partial charge on any atom is -0.309 e. The van der Waals surface area contributed by atoms with E-state index in [1.54, 1.807) is 0 Å². The Bertz CT molecular complexity index is 3080. The predicted molar refractivity (Wildman–Crippen MR) is 219 cm³/mol. The van der Waals surface area contributed by atoms with Gasteiger partial charge in [0, 0.05) is 55.0 Å². The molecule has 0 radical (unpaired) electrons. The Labute approximate surface area is 307 Å². The summed E-state index contributed by atoms with van der Waals surface area (Å²) in [5.74, 6) is 0.736. The third kappa shape index (κ3) is 4.30. The molecule has 0 spiro atoms. The van der Waals surface area contributed by atoms with Gasteiger partial charge in [-0.25, -0.2) is 9.97 Å². The van der Waals surface area contributed by atoms with Crippen molar-refractivity contribution < 1.29 is 0 Å². The van der Waals surface area contributed by atoms with Crippen molar-refractivity contribution in [3.05, 3.63) is 181 Å². The molecule has 4 heteroatoms. The predicted octanol–water partition coefficient (Wildman–Crippen LogP) is 12.3. The molecule has 11 rings (SSSR count). The summed E-state index contributed by atoms with van der Waals surface area (Å²) in [5.41, 5.74) is 14.5. The van der Waals surface area contributed by atoms with Crippen LogP contribution in [0.4, 0.5) is 0 Å². The third-order valence-electron chi connectivity index (χ3n) is 11.3. The molecule has 53 heavy (non-hydrogen) atoms. The largest absolute Gasteiger partial charge is 0.309 e. The van der Waals surface area contributed by atoms with E-state index in [4.69, 9.17) is 9.97 Å². The molecule has 0 N–H and O–H groups in total. The van der Waals surface area contributed by atoms with Gasteiger partial charge in [-0.05, 0) is 59.7 Å². The number of fused-ring (bicyclic) bond motifs is 9. The Hall–Kier alpha value is -6.78. The van der Waals surface area contributed by atoms with Crippen LogP contribution in [-0.4, -0.2) is 19.1 Å². The maximum absolute atomic E-state index is 5.41. The second kappa shape index (κ2) is 11.1. The molecule has 3 aromatic heterocycles. The number of nitrogens with zero attached hydrogens (tertiary/aromatic N) is 4.